The summed E-state index contributed by atoms with van der Waals surface area (Å²) in [6, 6.07) is 23.2. The number of aliphatic imine (C=N–C) groups is 2. The number of halogens is 2. The van der Waals surface area contributed by atoms with Gasteiger partial charge in [-0.2, -0.15) is 0 Å². The third-order valence-corrected chi connectivity index (χ3v) is 5.31. The first-order valence-corrected chi connectivity index (χ1v) is 10.6. The molecule has 0 radical (unpaired) electrons. The maximum Gasteiger partial charge on any atom is 2.00 e. The Morgan fingerprint density at radius 3 is 1.23 bits per heavy atom. The minimum Gasteiger partial charge on any atom is -0.872 e. The molecule has 0 aliphatic rings. The summed E-state index contributed by atoms with van der Waals surface area (Å²) >= 11 is 0. The molecule has 0 aliphatic heterocycles. The molecule has 0 fully saturated rings. The summed E-state index contributed by atoms with van der Waals surface area (Å²) in [6.45, 7) is 0. The molecule has 0 bridgehead atoms. The maximum atomic E-state index is 13.7. The summed E-state index contributed by atoms with van der Waals surface area (Å²) in [7, 11) is 0. The van der Waals surface area contributed by atoms with Crippen LogP contribution in [0.5, 0.6) is 11.5 Å². The number of nitrogens with zero attached hydrogens (tertiary/aromatic N) is 2. The minimum absolute atomic E-state index is 0. The van der Waals surface area contributed by atoms with Crippen molar-refractivity contribution in [3.63, 3.8) is 0 Å². The Balaban J connectivity index is 0.00000342. The molecule has 4 aromatic rings. The third kappa shape index (κ3) is 6.71. The summed E-state index contributed by atoms with van der Waals surface area (Å²) < 4.78 is 27.3. The summed E-state index contributed by atoms with van der Waals surface area (Å²) in [5, 5.41) is 24.4. The first kappa shape index (κ1) is 26.0. The van der Waals surface area contributed by atoms with E-state index in [1.165, 1.54) is 48.8 Å². The van der Waals surface area contributed by atoms with Crippen LogP contribution in [0.4, 0.5) is 8.78 Å². The number of hydrogen-bond acceptors (Lipinski definition) is 4. The molecule has 2 unspecified atom stereocenters. The molecule has 4 rings (SSSR count). The summed E-state index contributed by atoms with van der Waals surface area (Å²) in [4.78, 5) is 9.31. The van der Waals surface area contributed by atoms with Gasteiger partial charge in [0.25, 0.3) is 0 Å². The van der Waals surface area contributed by atoms with E-state index in [4.69, 9.17) is 0 Å². The van der Waals surface area contributed by atoms with Crippen LogP contribution in [0.3, 0.4) is 0 Å². The zero-order valence-electron chi connectivity index (χ0n) is 18.3. The molecule has 4 nitrogen and oxygen atoms in total. The van der Waals surface area contributed by atoms with Crippen molar-refractivity contribution in [1.29, 1.82) is 0 Å². The third-order valence-electron chi connectivity index (χ3n) is 5.31. The second-order valence-corrected chi connectivity index (χ2v) is 7.62. The van der Waals surface area contributed by atoms with E-state index in [0.29, 0.717) is 22.3 Å². The fraction of sp³-hybridized carbons (Fsp3) is 0.0714. The van der Waals surface area contributed by atoms with Gasteiger partial charge in [0, 0.05) is 12.4 Å². The average molecular weight is 650 g/mol. The molecule has 2 atom stereocenters. The van der Waals surface area contributed by atoms with Crippen LogP contribution in [-0.4, -0.2) is 12.4 Å². The quantitative estimate of drug-likeness (QED) is 0.261. The van der Waals surface area contributed by atoms with Crippen LogP contribution in [0, 0.1) is 11.6 Å². The van der Waals surface area contributed by atoms with Gasteiger partial charge >= 0.3 is 21.1 Å². The predicted octanol–water partition coefficient (Wildman–Crippen LogP) is 5.13. The van der Waals surface area contributed by atoms with Crippen LogP contribution in [0.1, 0.15) is 34.3 Å². The van der Waals surface area contributed by atoms with E-state index in [1.54, 1.807) is 60.7 Å². The van der Waals surface area contributed by atoms with Crippen LogP contribution < -0.4 is 10.2 Å². The Kier molecular flexibility index (Phi) is 9.04. The molecule has 7 heteroatoms. The van der Waals surface area contributed by atoms with Gasteiger partial charge in [-0.15, -0.1) is 11.5 Å². The largest absolute Gasteiger partial charge is 2.00 e. The van der Waals surface area contributed by atoms with E-state index in [0.717, 1.165) is 0 Å². The van der Waals surface area contributed by atoms with Gasteiger partial charge in [0.2, 0.25) is 0 Å². The Hall–Kier alpha value is -3.63. The number of para-hydroxylation sites is 2. The monoisotopic (exact) mass is 649 g/mol. The van der Waals surface area contributed by atoms with E-state index in [-0.39, 0.29) is 32.6 Å². The Bertz CT molecular complexity index is 1210. The number of hydrogen-bond donors (Lipinski definition) is 0. The van der Waals surface area contributed by atoms with E-state index < -0.39 is 23.7 Å². The van der Waals surface area contributed by atoms with Crippen LogP contribution >= 0.6 is 0 Å². The fourth-order valence-corrected chi connectivity index (χ4v) is 3.52. The van der Waals surface area contributed by atoms with Gasteiger partial charge in [-0.05, 0) is 46.5 Å². The second kappa shape index (κ2) is 12.2. The normalized spacial score (nSPS) is 13.0. The van der Waals surface area contributed by atoms with Gasteiger partial charge in [-0.1, -0.05) is 72.8 Å². The van der Waals surface area contributed by atoms with Crippen LogP contribution in [-0.2, 0) is 21.1 Å². The van der Waals surface area contributed by atoms with Crippen molar-refractivity contribution in [1.82, 2.24) is 0 Å². The number of rotatable bonds is 7. The minimum atomic E-state index is -0.680. The van der Waals surface area contributed by atoms with Crippen LogP contribution in [0.25, 0.3) is 0 Å². The molecule has 0 aromatic heterocycles. The van der Waals surface area contributed by atoms with Crippen molar-refractivity contribution >= 4 is 12.4 Å². The zero-order valence-corrected chi connectivity index (χ0v) is 20.6. The second-order valence-electron chi connectivity index (χ2n) is 7.62. The molecule has 0 aliphatic carbocycles. The first-order valence-electron chi connectivity index (χ1n) is 10.6. The van der Waals surface area contributed by atoms with Gasteiger partial charge in [0.1, 0.15) is 23.7 Å². The molecule has 0 heterocycles. The van der Waals surface area contributed by atoms with Crippen molar-refractivity contribution in [2.45, 2.75) is 12.1 Å². The molecule has 178 valence electrons. The van der Waals surface area contributed by atoms with E-state index >= 15 is 0 Å². The van der Waals surface area contributed by atoms with Crippen molar-refractivity contribution in [3.05, 3.63) is 131 Å². The zero-order chi connectivity index (χ0) is 23.9. The van der Waals surface area contributed by atoms with Gasteiger partial charge in [0.05, 0.1) is 0 Å². The molecule has 0 amide bonds. The summed E-state index contributed by atoms with van der Waals surface area (Å²) in [6.07, 6.45) is 2.92. The molecular weight excluding hydrogens is 629 g/mol. The van der Waals surface area contributed by atoms with E-state index in [1.807, 2.05) is 0 Å². The van der Waals surface area contributed by atoms with Gasteiger partial charge in [-0.3, -0.25) is 9.98 Å². The molecular formula is C28H20F2N2O2Pt. The maximum absolute atomic E-state index is 13.7. The molecule has 0 spiro atoms. The predicted molar refractivity (Wildman–Crippen MR) is 125 cm³/mol. The average Bonchev–Trinajstić information content (AvgIpc) is 2.84. The summed E-state index contributed by atoms with van der Waals surface area (Å²) in [5.74, 6) is -1.19. The number of benzene rings is 4. The molecule has 35 heavy (non-hydrogen) atoms. The van der Waals surface area contributed by atoms with Crippen LogP contribution in [0.2, 0.25) is 0 Å². The summed E-state index contributed by atoms with van der Waals surface area (Å²) in [5.41, 5.74) is 2.06. The molecule has 0 saturated heterocycles. The first-order chi connectivity index (χ1) is 16.5. The SMILES string of the molecule is [O-]c1ccccc1C=NC(c1ccc(F)cc1)C(N=Cc1ccccc1[O-])c1ccc(F)cc1.[Pt+2]. The van der Waals surface area contributed by atoms with Crippen LogP contribution in [0.15, 0.2) is 107 Å². The van der Waals surface area contributed by atoms with Crippen molar-refractivity contribution in [2.75, 3.05) is 0 Å². The topological polar surface area (TPSA) is 70.8 Å². The van der Waals surface area contributed by atoms with Gasteiger partial charge < -0.3 is 10.2 Å². The van der Waals surface area contributed by atoms with E-state index in [2.05, 4.69) is 9.98 Å². The molecule has 4 aromatic carbocycles. The van der Waals surface area contributed by atoms with E-state index in [9.17, 15) is 19.0 Å². The standard InChI is InChI=1S/C28H22F2N2O2.Pt/c29-23-13-9-19(10-14-23)27(31-17-21-5-1-3-7-25(21)33)28(20-11-15-24(30)16-12-20)32-18-22-6-2-4-8-26(22)34;/h1-18,27-28,33-34H;/q;+2/p-2. The van der Waals surface area contributed by atoms with Crippen molar-refractivity contribution < 1.29 is 40.1 Å². The Morgan fingerprint density at radius 2 is 0.886 bits per heavy atom. The Morgan fingerprint density at radius 1 is 0.543 bits per heavy atom. The smallest absolute Gasteiger partial charge is 0.872 e. The molecule has 0 saturated carbocycles. The van der Waals surface area contributed by atoms with Gasteiger partial charge in [-0.25, -0.2) is 8.78 Å². The Labute approximate surface area is 216 Å². The van der Waals surface area contributed by atoms with Crippen molar-refractivity contribution in [3.8, 4) is 11.5 Å². The molecule has 0 N–H and O–H groups in total. The van der Waals surface area contributed by atoms with Gasteiger partial charge in [0.15, 0.2) is 0 Å². The fourth-order valence-electron chi connectivity index (χ4n) is 3.52. The van der Waals surface area contributed by atoms with Crippen molar-refractivity contribution in [2.24, 2.45) is 9.98 Å².